The van der Waals surface area contributed by atoms with Gasteiger partial charge in [-0.15, -0.1) is 0 Å². The highest BCUT2D eigenvalue weighted by Gasteiger charge is 2.23. The van der Waals surface area contributed by atoms with Gasteiger partial charge in [0.1, 0.15) is 0 Å². The SMILES string of the molecule is NCCN(CCc1ccccc1)S(=O)(=O)c1ccccc1. The molecular formula is C16H20N2O2S. The van der Waals surface area contributed by atoms with E-state index >= 15 is 0 Å². The molecule has 0 aliphatic carbocycles. The first-order valence-corrected chi connectivity index (χ1v) is 8.38. The van der Waals surface area contributed by atoms with Crippen LogP contribution in [0.4, 0.5) is 0 Å². The van der Waals surface area contributed by atoms with E-state index in [1.165, 1.54) is 4.31 Å². The lowest BCUT2D eigenvalue weighted by Gasteiger charge is -2.21. The average molecular weight is 304 g/mol. The second-order valence-corrected chi connectivity index (χ2v) is 6.68. The fourth-order valence-electron chi connectivity index (χ4n) is 2.14. The molecule has 0 aliphatic rings. The van der Waals surface area contributed by atoms with Crippen LogP contribution >= 0.6 is 0 Å². The van der Waals surface area contributed by atoms with E-state index in [4.69, 9.17) is 5.73 Å². The highest BCUT2D eigenvalue weighted by Crippen LogP contribution is 2.15. The largest absolute Gasteiger partial charge is 0.329 e. The summed E-state index contributed by atoms with van der Waals surface area (Å²) in [5.41, 5.74) is 6.68. The van der Waals surface area contributed by atoms with Gasteiger partial charge in [0.05, 0.1) is 4.90 Å². The van der Waals surface area contributed by atoms with Crippen LogP contribution in [0.5, 0.6) is 0 Å². The molecule has 21 heavy (non-hydrogen) atoms. The summed E-state index contributed by atoms with van der Waals surface area (Å²) in [6, 6.07) is 18.3. The molecular weight excluding hydrogens is 284 g/mol. The number of sulfonamides is 1. The monoisotopic (exact) mass is 304 g/mol. The lowest BCUT2D eigenvalue weighted by atomic mass is 10.1. The summed E-state index contributed by atoms with van der Waals surface area (Å²) < 4.78 is 26.7. The molecule has 0 saturated heterocycles. The van der Waals surface area contributed by atoms with Gasteiger partial charge in [-0.2, -0.15) is 4.31 Å². The lowest BCUT2D eigenvalue weighted by Crippen LogP contribution is -2.36. The van der Waals surface area contributed by atoms with Crippen molar-refractivity contribution in [1.82, 2.24) is 4.31 Å². The molecule has 0 aromatic heterocycles. The van der Waals surface area contributed by atoms with E-state index in [-0.39, 0.29) is 0 Å². The van der Waals surface area contributed by atoms with Crippen molar-refractivity contribution in [2.75, 3.05) is 19.6 Å². The molecule has 0 fully saturated rings. The summed E-state index contributed by atoms with van der Waals surface area (Å²) in [7, 11) is -3.48. The Kier molecular flexibility index (Phi) is 5.50. The highest BCUT2D eigenvalue weighted by molar-refractivity contribution is 7.89. The van der Waals surface area contributed by atoms with Crippen LogP contribution in [-0.4, -0.2) is 32.4 Å². The zero-order chi connectivity index (χ0) is 15.1. The first-order valence-electron chi connectivity index (χ1n) is 6.94. The maximum absolute atomic E-state index is 12.6. The standard InChI is InChI=1S/C16H20N2O2S/c17-12-14-18(13-11-15-7-3-1-4-8-15)21(19,20)16-9-5-2-6-10-16/h1-10H,11-14,17H2. The second kappa shape index (κ2) is 7.36. The molecule has 0 spiro atoms. The third-order valence-electron chi connectivity index (χ3n) is 3.25. The van der Waals surface area contributed by atoms with Crippen molar-refractivity contribution in [3.8, 4) is 0 Å². The number of nitrogens with zero attached hydrogens (tertiary/aromatic N) is 1. The van der Waals surface area contributed by atoms with Crippen LogP contribution in [0.25, 0.3) is 0 Å². The summed E-state index contributed by atoms with van der Waals surface area (Å²) in [5.74, 6) is 0. The molecule has 5 heteroatoms. The zero-order valence-corrected chi connectivity index (χ0v) is 12.7. The summed E-state index contributed by atoms with van der Waals surface area (Å²) in [6.45, 7) is 1.06. The minimum absolute atomic E-state index is 0.306. The molecule has 0 unspecified atom stereocenters. The maximum Gasteiger partial charge on any atom is 0.243 e. The third kappa shape index (κ3) is 4.14. The molecule has 2 N–H and O–H groups in total. The third-order valence-corrected chi connectivity index (χ3v) is 5.17. The first-order chi connectivity index (χ1) is 10.1. The average Bonchev–Trinajstić information content (AvgIpc) is 2.53. The van der Waals surface area contributed by atoms with Crippen LogP contribution in [0, 0.1) is 0 Å². The molecule has 0 atom stereocenters. The number of nitrogens with two attached hydrogens (primary N) is 1. The minimum Gasteiger partial charge on any atom is -0.329 e. The molecule has 0 heterocycles. The topological polar surface area (TPSA) is 63.4 Å². The van der Waals surface area contributed by atoms with Crippen LogP contribution in [0.15, 0.2) is 65.6 Å². The van der Waals surface area contributed by atoms with E-state index in [9.17, 15) is 8.42 Å². The van der Waals surface area contributed by atoms with Crippen molar-refractivity contribution in [3.63, 3.8) is 0 Å². The molecule has 0 radical (unpaired) electrons. The molecule has 112 valence electrons. The normalized spacial score (nSPS) is 11.7. The Hall–Kier alpha value is -1.69. The van der Waals surface area contributed by atoms with Gasteiger partial charge in [-0.05, 0) is 24.1 Å². The lowest BCUT2D eigenvalue weighted by molar-refractivity contribution is 0.421. The Bertz CT molecular complexity index is 642. The predicted octanol–water partition coefficient (Wildman–Crippen LogP) is 1.88. The second-order valence-electron chi connectivity index (χ2n) is 4.74. The molecule has 4 nitrogen and oxygen atoms in total. The smallest absolute Gasteiger partial charge is 0.243 e. The summed E-state index contributed by atoms with van der Waals surface area (Å²) in [6.07, 6.45) is 0.674. The number of hydrogen-bond donors (Lipinski definition) is 1. The van der Waals surface area contributed by atoms with Gasteiger partial charge in [0, 0.05) is 19.6 Å². The van der Waals surface area contributed by atoms with E-state index in [1.807, 2.05) is 30.3 Å². The fraction of sp³-hybridized carbons (Fsp3) is 0.250. The van der Waals surface area contributed by atoms with Crippen LogP contribution in [0.1, 0.15) is 5.56 Å². The maximum atomic E-state index is 12.6. The summed E-state index contributed by atoms with van der Waals surface area (Å²) in [4.78, 5) is 0.312. The van der Waals surface area contributed by atoms with Crippen molar-refractivity contribution in [2.24, 2.45) is 5.73 Å². The molecule has 2 aromatic carbocycles. The van der Waals surface area contributed by atoms with Gasteiger partial charge in [-0.3, -0.25) is 0 Å². The quantitative estimate of drug-likeness (QED) is 0.849. The summed E-state index contributed by atoms with van der Waals surface area (Å²) in [5, 5.41) is 0. The zero-order valence-electron chi connectivity index (χ0n) is 11.9. The number of hydrogen-bond acceptors (Lipinski definition) is 3. The molecule has 0 bridgehead atoms. The summed E-state index contributed by atoms with van der Waals surface area (Å²) >= 11 is 0. The van der Waals surface area contributed by atoms with E-state index < -0.39 is 10.0 Å². The molecule has 0 amide bonds. The first kappa shape index (κ1) is 15.7. The highest BCUT2D eigenvalue weighted by atomic mass is 32.2. The molecule has 2 aromatic rings. The van der Waals surface area contributed by atoms with Gasteiger partial charge in [0.15, 0.2) is 0 Å². The van der Waals surface area contributed by atoms with E-state index in [0.717, 1.165) is 5.56 Å². The Balaban J connectivity index is 2.15. The van der Waals surface area contributed by atoms with Crippen LogP contribution in [0.3, 0.4) is 0 Å². The minimum atomic E-state index is -3.48. The van der Waals surface area contributed by atoms with E-state index in [1.54, 1.807) is 30.3 Å². The van der Waals surface area contributed by atoms with Crippen molar-refractivity contribution in [1.29, 1.82) is 0 Å². The van der Waals surface area contributed by atoms with Gasteiger partial charge >= 0.3 is 0 Å². The van der Waals surface area contributed by atoms with Crippen molar-refractivity contribution >= 4 is 10.0 Å². The number of rotatable bonds is 7. The van der Waals surface area contributed by atoms with Crippen molar-refractivity contribution in [2.45, 2.75) is 11.3 Å². The van der Waals surface area contributed by atoms with Crippen molar-refractivity contribution < 1.29 is 8.42 Å². The van der Waals surface area contributed by atoms with Crippen LogP contribution in [0.2, 0.25) is 0 Å². The van der Waals surface area contributed by atoms with E-state index in [0.29, 0.717) is 31.0 Å². The van der Waals surface area contributed by atoms with Crippen LogP contribution in [-0.2, 0) is 16.4 Å². The van der Waals surface area contributed by atoms with Gasteiger partial charge < -0.3 is 5.73 Å². The van der Waals surface area contributed by atoms with Gasteiger partial charge in [0.25, 0.3) is 0 Å². The molecule has 0 aliphatic heterocycles. The molecule has 0 saturated carbocycles. The Morgan fingerprint density at radius 2 is 1.43 bits per heavy atom. The fourth-order valence-corrected chi connectivity index (χ4v) is 3.61. The predicted molar refractivity (Wildman–Crippen MR) is 84.4 cm³/mol. The van der Waals surface area contributed by atoms with Crippen LogP contribution < -0.4 is 5.73 Å². The Labute approximate surface area is 126 Å². The molecule has 2 rings (SSSR count). The van der Waals surface area contributed by atoms with E-state index in [2.05, 4.69) is 0 Å². The van der Waals surface area contributed by atoms with Gasteiger partial charge in [-0.25, -0.2) is 8.42 Å². The van der Waals surface area contributed by atoms with Gasteiger partial charge in [-0.1, -0.05) is 48.5 Å². The number of benzene rings is 2. The van der Waals surface area contributed by atoms with Crippen molar-refractivity contribution in [3.05, 3.63) is 66.2 Å². The Morgan fingerprint density at radius 1 is 0.857 bits per heavy atom. The van der Waals surface area contributed by atoms with Gasteiger partial charge in [0.2, 0.25) is 10.0 Å². The Morgan fingerprint density at radius 3 is 2.00 bits per heavy atom.